The molecule has 2 aromatic carbocycles. The molecule has 0 radical (unpaired) electrons. The van der Waals surface area contributed by atoms with Gasteiger partial charge in [-0.25, -0.2) is 12.8 Å². The number of carbonyl (C=O) groups is 2. The highest BCUT2D eigenvalue weighted by Gasteiger charge is 2.34. The molecular formula is C23H27FN2O5S. The van der Waals surface area contributed by atoms with Gasteiger partial charge in [0.15, 0.2) is 6.10 Å². The van der Waals surface area contributed by atoms with Crippen LogP contribution in [0.2, 0.25) is 0 Å². The molecule has 1 heterocycles. The molecule has 0 spiro atoms. The summed E-state index contributed by atoms with van der Waals surface area (Å²) < 4.78 is 45.1. The van der Waals surface area contributed by atoms with Crippen LogP contribution < -0.4 is 5.32 Å². The Morgan fingerprint density at radius 3 is 2.34 bits per heavy atom. The van der Waals surface area contributed by atoms with Gasteiger partial charge in [-0.3, -0.25) is 9.59 Å². The van der Waals surface area contributed by atoms with Crippen LogP contribution in [0.4, 0.5) is 10.1 Å². The number of nitrogens with zero attached hydrogens (tertiary/aromatic N) is 1. The number of halogens is 1. The average molecular weight is 463 g/mol. The largest absolute Gasteiger partial charge is 0.452 e. The Balaban J connectivity index is 1.54. The number of hydrogen-bond donors (Lipinski definition) is 1. The molecule has 0 bridgehead atoms. The number of rotatable bonds is 6. The van der Waals surface area contributed by atoms with Gasteiger partial charge in [0.1, 0.15) is 5.82 Å². The lowest BCUT2D eigenvalue weighted by Gasteiger charge is -2.30. The van der Waals surface area contributed by atoms with E-state index in [1.54, 1.807) is 0 Å². The minimum atomic E-state index is -3.76. The molecular weight excluding hydrogens is 435 g/mol. The van der Waals surface area contributed by atoms with Gasteiger partial charge >= 0.3 is 5.97 Å². The third kappa shape index (κ3) is 5.52. The lowest BCUT2D eigenvalue weighted by Crippen LogP contribution is -2.41. The summed E-state index contributed by atoms with van der Waals surface area (Å²) in [4.78, 5) is 25.0. The monoisotopic (exact) mass is 462 g/mol. The lowest BCUT2D eigenvalue weighted by molar-refractivity contribution is -0.158. The van der Waals surface area contributed by atoms with Crippen LogP contribution in [0.15, 0.2) is 47.4 Å². The minimum Gasteiger partial charge on any atom is -0.452 e. The van der Waals surface area contributed by atoms with Gasteiger partial charge in [0.05, 0.1) is 10.8 Å². The molecule has 0 aromatic heterocycles. The van der Waals surface area contributed by atoms with Crippen LogP contribution in [0.3, 0.4) is 0 Å². The minimum absolute atomic E-state index is 0.0108. The Labute approximate surface area is 187 Å². The quantitative estimate of drug-likeness (QED) is 0.664. The Hall–Kier alpha value is -2.78. The fourth-order valence-corrected chi connectivity index (χ4v) is 4.99. The van der Waals surface area contributed by atoms with Crippen molar-refractivity contribution < 1.29 is 27.1 Å². The zero-order valence-electron chi connectivity index (χ0n) is 18.3. The molecule has 0 saturated carbocycles. The Morgan fingerprint density at radius 1 is 1.09 bits per heavy atom. The van der Waals surface area contributed by atoms with Gasteiger partial charge in [0.2, 0.25) is 10.0 Å². The standard InChI is InChI=1S/C23H27FN2O5S/c1-15-4-5-16(2)21(14-15)25-22(27)17(3)31-23(28)18-10-12-26(13-11-18)32(29,30)20-8-6-19(24)7-9-20/h4-9,14,17-18H,10-13H2,1-3H3,(H,25,27). The summed E-state index contributed by atoms with van der Waals surface area (Å²) in [6.07, 6.45) is -0.418. The van der Waals surface area contributed by atoms with Crippen molar-refractivity contribution in [3.63, 3.8) is 0 Å². The number of sulfonamides is 1. The van der Waals surface area contributed by atoms with Gasteiger partial charge in [-0.1, -0.05) is 12.1 Å². The fourth-order valence-electron chi connectivity index (χ4n) is 3.52. The highest BCUT2D eigenvalue weighted by Crippen LogP contribution is 2.25. The van der Waals surface area contributed by atoms with Crippen LogP contribution in [0.1, 0.15) is 30.9 Å². The molecule has 172 valence electrons. The smallest absolute Gasteiger partial charge is 0.309 e. The summed E-state index contributed by atoms with van der Waals surface area (Å²) in [6, 6.07) is 10.3. The topological polar surface area (TPSA) is 92.8 Å². The number of amides is 1. The van der Waals surface area contributed by atoms with E-state index in [2.05, 4.69) is 5.32 Å². The summed E-state index contributed by atoms with van der Waals surface area (Å²) in [5, 5.41) is 2.78. The first-order valence-electron chi connectivity index (χ1n) is 10.4. The van der Waals surface area contributed by atoms with Crippen LogP contribution in [0, 0.1) is 25.6 Å². The molecule has 2 aromatic rings. The van der Waals surface area contributed by atoms with E-state index in [0.717, 1.165) is 23.3 Å². The summed E-state index contributed by atoms with van der Waals surface area (Å²) in [5.74, 6) is -1.96. The molecule has 1 atom stereocenters. The van der Waals surface area contributed by atoms with Crippen molar-refractivity contribution in [3.8, 4) is 0 Å². The molecule has 0 aliphatic carbocycles. The number of carbonyl (C=O) groups excluding carboxylic acids is 2. The van der Waals surface area contributed by atoms with E-state index < -0.39 is 39.7 Å². The molecule has 1 unspecified atom stereocenters. The lowest BCUT2D eigenvalue weighted by atomic mass is 9.98. The van der Waals surface area contributed by atoms with E-state index in [1.165, 1.54) is 23.4 Å². The zero-order chi connectivity index (χ0) is 23.5. The predicted octanol–water partition coefficient (Wildman–Crippen LogP) is 3.41. The highest BCUT2D eigenvalue weighted by atomic mass is 32.2. The molecule has 7 nitrogen and oxygen atoms in total. The van der Waals surface area contributed by atoms with Crippen LogP contribution in [-0.4, -0.2) is 43.8 Å². The number of aryl methyl sites for hydroxylation is 2. The second-order valence-corrected chi connectivity index (χ2v) is 9.96. The Kier molecular flexibility index (Phi) is 7.30. The fraction of sp³-hybridized carbons (Fsp3) is 0.391. The van der Waals surface area contributed by atoms with Crippen LogP contribution >= 0.6 is 0 Å². The number of anilines is 1. The van der Waals surface area contributed by atoms with Gasteiger partial charge < -0.3 is 10.1 Å². The van der Waals surface area contributed by atoms with Gasteiger partial charge in [0, 0.05) is 18.8 Å². The van der Waals surface area contributed by atoms with E-state index in [4.69, 9.17) is 4.74 Å². The number of piperidine rings is 1. The number of hydrogen-bond acceptors (Lipinski definition) is 5. The van der Waals surface area contributed by atoms with Crippen molar-refractivity contribution >= 4 is 27.6 Å². The molecule has 1 N–H and O–H groups in total. The first kappa shape index (κ1) is 23.9. The second-order valence-electron chi connectivity index (χ2n) is 8.02. The third-order valence-corrected chi connectivity index (χ3v) is 7.46. The molecule has 1 fully saturated rings. The normalized spacial score (nSPS) is 16.4. The van der Waals surface area contributed by atoms with Crippen molar-refractivity contribution in [1.82, 2.24) is 4.31 Å². The molecule has 1 amide bonds. The van der Waals surface area contributed by atoms with E-state index >= 15 is 0 Å². The maximum atomic E-state index is 13.1. The first-order valence-corrected chi connectivity index (χ1v) is 11.9. The van der Waals surface area contributed by atoms with Gasteiger partial charge in [-0.2, -0.15) is 4.31 Å². The van der Waals surface area contributed by atoms with E-state index in [9.17, 15) is 22.4 Å². The Bertz CT molecular complexity index is 1090. The number of esters is 1. The van der Waals surface area contributed by atoms with Gasteiger partial charge in [-0.05, 0) is 75.1 Å². The van der Waals surface area contributed by atoms with Crippen LogP contribution in [-0.2, 0) is 24.3 Å². The zero-order valence-corrected chi connectivity index (χ0v) is 19.1. The molecule has 9 heteroatoms. The molecule has 1 aliphatic heterocycles. The molecule has 3 rings (SSSR count). The highest BCUT2D eigenvalue weighted by molar-refractivity contribution is 7.89. The predicted molar refractivity (Wildman–Crippen MR) is 118 cm³/mol. The molecule has 32 heavy (non-hydrogen) atoms. The van der Waals surface area contributed by atoms with E-state index in [-0.39, 0.29) is 30.8 Å². The number of nitrogens with one attached hydrogen (secondary N) is 1. The average Bonchev–Trinajstić information content (AvgIpc) is 2.76. The van der Waals surface area contributed by atoms with Gasteiger partial charge in [0.25, 0.3) is 5.91 Å². The SMILES string of the molecule is Cc1ccc(C)c(NC(=O)C(C)OC(=O)C2CCN(S(=O)(=O)c3ccc(F)cc3)CC2)c1. The van der Waals surface area contributed by atoms with Crippen molar-refractivity contribution in [1.29, 1.82) is 0 Å². The summed E-state index contributed by atoms with van der Waals surface area (Å²) >= 11 is 0. The molecule has 1 saturated heterocycles. The van der Waals surface area contributed by atoms with Crippen LogP contribution in [0.5, 0.6) is 0 Å². The van der Waals surface area contributed by atoms with Crippen molar-refractivity contribution in [3.05, 3.63) is 59.4 Å². The van der Waals surface area contributed by atoms with Crippen molar-refractivity contribution in [2.24, 2.45) is 5.92 Å². The Morgan fingerprint density at radius 2 is 1.72 bits per heavy atom. The first-order chi connectivity index (χ1) is 15.1. The number of ether oxygens (including phenoxy) is 1. The van der Waals surface area contributed by atoms with E-state index in [0.29, 0.717) is 5.69 Å². The third-order valence-electron chi connectivity index (χ3n) is 5.55. The number of benzene rings is 2. The summed E-state index contributed by atoms with van der Waals surface area (Å²) in [6.45, 7) is 5.58. The summed E-state index contributed by atoms with van der Waals surface area (Å²) in [5.41, 5.74) is 2.56. The van der Waals surface area contributed by atoms with Crippen LogP contribution in [0.25, 0.3) is 0 Å². The second kappa shape index (κ2) is 9.79. The van der Waals surface area contributed by atoms with Crippen molar-refractivity contribution in [2.75, 3.05) is 18.4 Å². The van der Waals surface area contributed by atoms with E-state index in [1.807, 2.05) is 32.0 Å². The molecule has 1 aliphatic rings. The maximum Gasteiger partial charge on any atom is 0.309 e. The maximum absolute atomic E-state index is 13.1. The summed E-state index contributed by atoms with van der Waals surface area (Å²) in [7, 11) is -3.76. The van der Waals surface area contributed by atoms with Gasteiger partial charge in [-0.15, -0.1) is 0 Å². The van der Waals surface area contributed by atoms with Crippen molar-refractivity contribution in [2.45, 2.75) is 44.6 Å².